The van der Waals surface area contributed by atoms with Gasteiger partial charge in [0.05, 0.1) is 26.5 Å². The lowest BCUT2D eigenvalue weighted by Crippen LogP contribution is -2.48. The summed E-state index contributed by atoms with van der Waals surface area (Å²) in [5, 5.41) is 2.57. The van der Waals surface area contributed by atoms with Crippen molar-refractivity contribution in [2.24, 2.45) is 0 Å². The molecule has 1 aliphatic heterocycles. The fraction of sp³-hybridized carbons (Fsp3) is 0.348. The number of amides is 2. The van der Waals surface area contributed by atoms with Crippen molar-refractivity contribution < 1.29 is 28.6 Å². The van der Waals surface area contributed by atoms with E-state index in [1.54, 1.807) is 49.3 Å². The molecule has 0 radical (unpaired) electrons. The first-order chi connectivity index (χ1) is 15.5. The molecule has 9 nitrogen and oxygen atoms in total. The fourth-order valence-corrected chi connectivity index (χ4v) is 3.55. The van der Waals surface area contributed by atoms with E-state index in [-0.39, 0.29) is 12.5 Å². The van der Waals surface area contributed by atoms with Gasteiger partial charge in [-0.05, 0) is 43.3 Å². The van der Waals surface area contributed by atoms with Crippen molar-refractivity contribution >= 4 is 29.7 Å². The molecule has 2 aromatic carbocycles. The maximum Gasteiger partial charge on any atom is 0.411 e. The molecule has 3 rings (SSSR count). The zero-order valence-electron chi connectivity index (χ0n) is 18.4. The Labute approximate surface area is 186 Å². The number of nitrogens with one attached hydrogen (secondary N) is 1. The van der Waals surface area contributed by atoms with Gasteiger partial charge in [0.2, 0.25) is 0 Å². The first-order valence-electron chi connectivity index (χ1n) is 10.3. The number of hydrogen-bond acceptors (Lipinski definition) is 7. The zero-order valence-corrected chi connectivity index (χ0v) is 18.4. The average molecular weight is 441 g/mol. The highest BCUT2D eigenvalue weighted by molar-refractivity contribution is 5.95. The van der Waals surface area contributed by atoms with Crippen molar-refractivity contribution in [1.29, 1.82) is 0 Å². The molecule has 9 heteroatoms. The molecule has 0 atom stereocenters. The predicted octanol–water partition coefficient (Wildman–Crippen LogP) is 3.05. The van der Waals surface area contributed by atoms with Gasteiger partial charge in [-0.15, -0.1) is 0 Å². The molecule has 170 valence electrons. The number of carbonyl (C=O) groups excluding carboxylic acids is 3. The van der Waals surface area contributed by atoms with Crippen molar-refractivity contribution in [2.45, 2.75) is 6.92 Å². The Hall–Kier alpha value is -3.75. The van der Waals surface area contributed by atoms with Crippen LogP contribution in [-0.4, -0.2) is 70.2 Å². The summed E-state index contributed by atoms with van der Waals surface area (Å²) in [6.45, 7) is 4.24. The van der Waals surface area contributed by atoms with Gasteiger partial charge in [0.25, 0.3) is 5.91 Å². The molecule has 2 amide bonds. The lowest BCUT2D eigenvalue weighted by Gasteiger charge is -2.36. The van der Waals surface area contributed by atoms with Gasteiger partial charge in [-0.3, -0.25) is 14.9 Å². The molecule has 1 saturated heterocycles. The van der Waals surface area contributed by atoms with Crippen molar-refractivity contribution in [3.05, 3.63) is 47.5 Å². The molecule has 1 aliphatic rings. The normalized spacial score (nSPS) is 13.3. The van der Waals surface area contributed by atoms with Crippen LogP contribution < -0.4 is 19.7 Å². The molecule has 0 saturated carbocycles. The molecule has 2 aromatic rings. The highest BCUT2D eigenvalue weighted by Crippen LogP contribution is 2.29. The summed E-state index contributed by atoms with van der Waals surface area (Å²) in [7, 11) is 3.08. The first kappa shape index (κ1) is 22.9. The van der Waals surface area contributed by atoms with Gasteiger partial charge in [0.15, 0.2) is 17.8 Å². The van der Waals surface area contributed by atoms with E-state index in [9.17, 15) is 14.4 Å². The SMILES string of the molecule is CCOC(=O)Nc1ccc(N2CCN(C(=O)c3ccc(OC)c(OC)c3)CC2)cc1C=O. The minimum absolute atomic E-state index is 0.0758. The third-order valence-electron chi connectivity index (χ3n) is 5.24. The van der Waals surface area contributed by atoms with Crippen LogP contribution in [0.5, 0.6) is 11.5 Å². The minimum atomic E-state index is -0.606. The quantitative estimate of drug-likeness (QED) is 0.660. The number of piperazine rings is 1. The van der Waals surface area contributed by atoms with Crippen LogP contribution in [0.25, 0.3) is 0 Å². The Bertz CT molecular complexity index is 986. The van der Waals surface area contributed by atoms with Crippen LogP contribution in [0.2, 0.25) is 0 Å². The summed E-state index contributed by atoms with van der Waals surface area (Å²) < 4.78 is 15.4. The topological polar surface area (TPSA) is 97.4 Å². The lowest BCUT2D eigenvalue weighted by atomic mass is 10.1. The van der Waals surface area contributed by atoms with Gasteiger partial charge >= 0.3 is 6.09 Å². The molecule has 0 aromatic heterocycles. The summed E-state index contributed by atoms with van der Waals surface area (Å²) in [5.41, 5.74) is 2.14. The molecule has 0 bridgehead atoms. The molecule has 1 fully saturated rings. The Morgan fingerprint density at radius 3 is 2.34 bits per heavy atom. The van der Waals surface area contributed by atoms with Gasteiger partial charge in [-0.1, -0.05) is 0 Å². The van der Waals surface area contributed by atoms with Gasteiger partial charge in [0.1, 0.15) is 0 Å². The Morgan fingerprint density at radius 2 is 1.72 bits per heavy atom. The average Bonchev–Trinajstić information content (AvgIpc) is 2.83. The highest BCUT2D eigenvalue weighted by atomic mass is 16.5. The molecule has 1 heterocycles. The number of anilines is 2. The first-order valence-corrected chi connectivity index (χ1v) is 10.3. The van der Waals surface area contributed by atoms with Gasteiger partial charge in [-0.2, -0.15) is 0 Å². The third-order valence-corrected chi connectivity index (χ3v) is 5.24. The lowest BCUT2D eigenvalue weighted by molar-refractivity contribution is 0.0746. The van der Waals surface area contributed by atoms with Crippen LogP contribution in [0.1, 0.15) is 27.6 Å². The number of methoxy groups -OCH3 is 2. The van der Waals surface area contributed by atoms with Gasteiger partial charge < -0.3 is 24.0 Å². The Balaban J connectivity index is 1.66. The number of ether oxygens (including phenoxy) is 3. The van der Waals surface area contributed by atoms with E-state index in [1.165, 1.54) is 7.11 Å². The second-order valence-electron chi connectivity index (χ2n) is 7.08. The van der Waals surface area contributed by atoms with Gasteiger partial charge in [-0.25, -0.2) is 4.79 Å². The second kappa shape index (κ2) is 10.5. The number of nitrogens with zero attached hydrogens (tertiary/aromatic N) is 2. The summed E-state index contributed by atoms with van der Waals surface area (Å²) in [4.78, 5) is 40.0. The van der Waals surface area contributed by atoms with Crippen molar-refractivity contribution in [3.63, 3.8) is 0 Å². The molecular weight excluding hydrogens is 414 g/mol. The number of rotatable bonds is 7. The smallest absolute Gasteiger partial charge is 0.411 e. The molecule has 1 N–H and O–H groups in total. The second-order valence-corrected chi connectivity index (χ2v) is 7.08. The van der Waals surface area contributed by atoms with E-state index in [1.807, 2.05) is 6.07 Å². The van der Waals surface area contributed by atoms with Crippen LogP contribution in [0.15, 0.2) is 36.4 Å². The standard InChI is InChI=1S/C23H27N3O6/c1-4-32-23(29)24-19-7-6-18(13-17(19)15-27)25-9-11-26(12-10-25)22(28)16-5-8-20(30-2)21(14-16)31-3/h5-8,13-15H,4,9-12H2,1-3H3,(H,24,29). The summed E-state index contributed by atoms with van der Waals surface area (Å²) >= 11 is 0. The largest absolute Gasteiger partial charge is 0.493 e. The Kier molecular flexibility index (Phi) is 7.54. The molecule has 32 heavy (non-hydrogen) atoms. The third kappa shape index (κ3) is 5.11. The highest BCUT2D eigenvalue weighted by Gasteiger charge is 2.24. The predicted molar refractivity (Wildman–Crippen MR) is 120 cm³/mol. The summed E-state index contributed by atoms with van der Waals surface area (Å²) in [6.07, 6.45) is 0.0904. The van der Waals surface area contributed by atoms with E-state index in [4.69, 9.17) is 14.2 Å². The van der Waals surface area contributed by atoms with Crippen LogP contribution in [0.4, 0.5) is 16.2 Å². The zero-order chi connectivity index (χ0) is 23.1. The summed E-state index contributed by atoms with van der Waals surface area (Å²) in [5.74, 6) is 1.00. The van der Waals surface area contributed by atoms with Crippen molar-refractivity contribution in [1.82, 2.24) is 4.90 Å². The minimum Gasteiger partial charge on any atom is -0.493 e. The van der Waals surface area contributed by atoms with Crippen molar-refractivity contribution in [3.8, 4) is 11.5 Å². The molecular formula is C23H27N3O6. The monoisotopic (exact) mass is 441 g/mol. The van der Waals surface area contributed by atoms with Gasteiger partial charge in [0, 0.05) is 43.0 Å². The number of aldehydes is 1. The summed E-state index contributed by atoms with van der Waals surface area (Å²) in [6, 6.07) is 10.4. The molecule has 0 aliphatic carbocycles. The number of hydrogen-bond donors (Lipinski definition) is 1. The maximum absolute atomic E-state index is 12.9. The van der Waals surface area contributed by atoms with E-state index in [0.29, 0.717) is 60.8 Å². The van der Waals surface area contributed by atoms with E-state index < -0.39 is 6.09 Å². The van der Waals surface area contributed by atoms with Crippen LogP contribution in [0, 0.1) is 0 Å². The van der Waals surface area contributed by atoms with Crippen molar-refractivity contribution in [2.75, 3.05) is 57.2 Å². The number of benzene rings is 2. The molecule has 0 unspecified atom stereocenters. The fourth-order valence-electron chi connectivity index (χ4n) is 3.55. The van der Waals surface area contributed by atoms with E-state index in [2.05, 4.69) is 10.2 Å². The number of carbonyl (C=O) groups is 3. The van der Waals surface area contributed by atoms with Crippen LogP contribution >= 0.6 is 0 Å². The van der Waals surface area contributed by atoms with Crippen LogP contribution in [-0.2, 0) is 4.74 Å². The maximum atomic E-state index is 12.9. The van der Waals surface area contributed by atoms with E-state index in [0.717, 1.165) is 5.69 Å². The Morgan fingerprint density at radius 1 is 1.00 bits per heavy atom. The van der Waals surface area contributed by atoms with E-state index >= 15 is 0 Å². The molecule has 0 spiro atoms. The van der Waals surface area contributed by atoms with Crippen LogP contribution in [0.3, 0.4) is 0 Å².